The highest BCUT2D eigenvalue weighted by Gasteiger charge is 2.21. The Morgan fingerprint density at radius 1 is 0.853 bits per heavy atom. The quantitative estimate of drug-likeness (QED) is 0.226. The van der Waals surface area contributed by atoms with Crippen LogP contribution in [0.25, 0.3) is 0 Å². The Labute approximate surface area is 200 Å². The molecule has 0 aliphatic carbocycles. The number of methoxy groups -OCH3 is 1. The molecule has 0 amide bonds. The van der Waals surface area contributed by atoms with Gasteiger partial charge >= 0.3 is 24.1 Å². The molecule has 0 aromatic heterocycles. The van der Waals surface area contributed by atoms with E-state index in [0.717, 1.165) is 0 Å². The van der Waals surface area contributed by atoms with Gasteiger partial charge in [-0.2, -0.15) is 0 Å². The molecule has 0 saturated heterocycles. The summed E-state index contributed by atoms with van der Waals surface area (Å²) >= 11 is 0. The zero-order valence-corrected chi connectivity index (χ0v) is 20.3. The van der Waals surface area contributed by atoms with Gasteiger partial charge in [0.2, 0.25) is 0 Å². The van der Waals surface area contributed by atoms with Crippen LogP contribution in [0.3, 0.4) is 0 Å². The molecule has 1 aromatic rings. The molecule has 0 aliphatic rings. The second-order valence-corrected chi connectivity index (χ2v) is 7.41. The molecular weight excluding hydrogens is 446 g/mol. The van der Waals surface area contributed by atoms with E-state index >= 15 is 0 Å². The van der Waals surface area contributed by atoms with Crippen molar-refractivity contribution in [2.75, 3.05) is 26.9 Å². The summed E-state index contributed by atoms with van der Waals surface area (Å²) in [4.78, 5) is 47.7. The van der Waals surface area contributed by atoms with Crippen LogP contribution in [0.1, 0.15) is 58.4 Å². The number of hydrogen-bond acceptors (Lipinski definition) is 10. The Kier molecular flexibility index (Phi) is 14.0. The number of nitrogens with one attached hydrogen (secondary N) is 1. The first kappa shape index (κ1) is 28.9. The van der Waals surface area contributed by atoms with Crippen LogP contribution >= 0.6 is 0 Å². The molecule has 0 aliphatic heterocycles. The first-order valence-electron chi connectivity index (χ1n) is 11.5. The fourth-order valence-corrected chi connectivity index (χ4v) is 2.81. The van der Waals surface area contributed by atoms with Gasteiger partial charge in [-0.1, -0.05) is 26.8 Å². The van der Waals surface area contributed by atoms with Crippen molar-refractivity contribution < 1.29 is 42.9 Å². The Balaban J connectivity index is 2.90. The molecule has 1 atom stereocenters. The van der Waals surface area contributed by atoms with Gasteiger partial charge in [0, 0.05) is 19.4 Å². The molecule has 34 heavy (non-hydrogen) atoms. The highest BCUT2D eigenvalue weighted by atomic mass is 16.7. The maximum Gasteiger partial charge on any atom is 0.508 e. The van der Waals surface area contributed by atoms with E-state index in [9.17, 15) is 19.2 Å². The van der Waals surface area contributed by atoms with E-state index in [1.807, 2.05) is 20.8 Å². The van der Waals surface area contributed by atoms with E-state index in [-0.39, 0.29) is 50.5 Å². The fraction of sp³-hybridized carbons (Fsp3) is 0.583. The molecule has 0 unspecified atom stereocenters. The number of carbonyl (C=O) groups is 4. The normalized spacial score (nSPS) is 11.3. The Hall–Kier alpha value is -3.14. The van der Waals surface area contributed by atoms with Crippen molar-refractivity contribution in [2.45, 2.75) is 65.3 Å². The number of rotatable bonds is 15. The van der Waals surface area contributed by atoms with Crippen LogP contribution in [0.2, 0.25) is 0 Å². The van der Waals surface area contributed by atoms with Gasteiger partial charge in [-0.15, -0.1) is 0 Å². The molecule has 0 saturated carbocycles. The van der Waals surface area contributed by atoms with Gasteiger partial charge in [0.05, 0.1) is 13.7 Å². The van der Waals surface area contributed by atoms with Crippen LogP contribution in [-0.4, -0.2) is 57.0 Å². The first-order chi connectivity index (χ1) is 16.3. The topological polar surface area (TPSA) is 126 Å². The zero-order chi connectivity index (χ0) is 25.3. The van der Waals surface area contributed by atoms with Crippen molar-refractivity contribution in [2.24, 2.45) is 0 Å². The molecule has 190 valence electrons. The van der Waals surface area contributed by atoms with Gasteiger partial charge in [-0.25, -0.2) is 4.79 Å². The SMILES string of the molecule is CCCOC(=O)OCCN[C@@H](Cc1ccc(OC(=O)CCC)c(OC(=O)CCC)c1)C(=O)OC. The summed E-state index contributed by atoms with van der Waals surface area (Å²) in [6, 6.07) is 3.99. The average molecular weight is 482 g/mol. The average Bonchev–Trinajstić information content (AvgIpc) is 2.81. The fourth-order valence-electron chi connectivity index (χ4n) is 2.81. The smallest absolute Gasteiger partial charge is 0.468 e. The molecule has 10 nitrogen and oxygen atoms in total. The van der Waals surface area contributed by atoms with Gasteiger partial charge in [0.25, 0.3) is 0 Å². The van der Waals surface area contributed by atoms with E-state index in [0.29, 0.717) is 24.8 Å². The number of carbonyl (C=O) groups excluding carboxylic acids is 4. The lowest BCUT2D eigenvalue weighted by atomic mass is 10.1. The molecule has 0 bridgehead atoms. The van der Waals surface area contributed by atoms with Gasteiger partial charge in [-0.05, 0) is 43.4 Å². The lowest BCUT2D eigenvalue weighted by Gasteiger charge is -2.18. The number of ether oxygens (including phenoxy) is 5. The number of hydrogen-bond donors (Lipinski definition) is 1. The van der Waals surface area contributed by atoms with Crippen LogP contribution in [0.15, 0.2) is 18.2 Å². The highest BCUT2D eigenvalue weighted by Crippen LogP contribution is 2.30. The summed E-state index contributed by atoms with van der Waals surface area (Å²) < 4.78 is 25.4. The van der Waals surface area contributed by atoms with E-state index in [1.165, 1.54) is 13.2 Å². The third-order valence-corrected chi connectivity index (χ3v) is 4.43. The lowest BCUT2D eigenvalue weighted by Crippen LogP contribution is -2.41. The molecule has 0 spiro atoms. The van der Waals surface area contributed by atoms with Crippen molar-refractivity contribution in [1.82, 2.24) is 5.32 Å². The predicted octanol–water partition coefficient (Wildman–Crippen LogP) is 3.33. The summed E-state index contributed by atoms with van der Waals surface area (Å²) in [5, 5.41) is 2.97. The van der Waals surface area contributed by atoms with Crippen LogP contribution in [-0.2, 0) is 35.0 Å². The van der Waals surface area contributed by atoms with Gasteiger partial charge in [0.15, 0.2) is 11.5 Å². The van der Waals surface area contributed by atoms with E-state index in [4.69, 9.17) is 23.7 Å². The Bertz CT molecular complexity index is 810. The summed E-state index contributed by atoms with van der Waals surface area (Å²) in [6.45, 7) is 6.03. The molecule has 0 radical (unpaired) electrons. The van der Waals surface area contributed by atoms with Crippen molar-refractivity contribution in [3.05, 3.63) is 23.8 Å². The molecule has 10 heteroatoms. The third kappa shape index (κ3) is 11.1. The van der Waals surface area contributed by atoms with E-state index < -0.39 is 30.1 Å². The van der Waals surface area contributed by atoms with Gasteiger partial charge < -0.3 is 29.0 Å². The standard InChI is InChI=1S/C24H35NO9/c1-5-8-21(26)33-19-11-10-17(16-20(19)34-22(27)9-6-2)15-18(23(28)30-4)25-12-14-32-24(29)31-13-7-3/h10-11,16,18,25H,5-9,12-15H2,1-4H3/t18-/m0/s1. The Morgan fingerprint density at radius 2 is 1.47 bits per heavy atom. The van der Waals surface area contributed by atoms with Crippen molar-refractivity contribution >= 4 is 24.1 Å². The summed E-state index contributed by atoms with van der Waals surface area (Å²) in [5.41, 5.74) is 0.640. The van der Waals surface area contributed by atoms with Crippen molar-refractivity contribution in [3.63, 3.8) is 0 Å². The monoisotopic (exact) mass is 481 g/mol. The number of esters is 3. The summed E-state index contributed by atoms with van der Waals surface area (Å²) in [7, 11) is 1.27. The second kappa shape index (κ2) is 16.5. The maximum atomic E-state index is 12.2. The van der Waals surface area contributed by atoms with E-state index in [2.05, 4.69) is 5.32 Å². The highest BCUT2D eigenvalue weighted by molar-refractivity contribution is 5.77. The largest absolute Gasteiger partial charge is 0.508 e. The second-order valence-electron chi connectivity index (χ2n) is 7.41. The van der Waals surface area contributed by atoms with Crippen LogP contribution in [0.5, 0.6) is 11.5 Å². The molecule has 0 heterocycles. The van der Waals surface area contributed by atoms with Gasteiger partial charge in [-0.3, -0.25) is 14.4 Å². The van der Waals surface area contributed by atoms with Crippen LogP contribution < -0.4 is 14.8 Å². The maximum absolute atomic E-state index is 12.2. The minimum Gasteiger partial charge on any atom is -0.468 e. The first-order valence-corrected chi connectivity index (χ1v) is 11.5. The minimum atomic E-state index is -0.773. The van der Waals surface area contributed by atoms with Crippen LogP contribution in [0.4, 0.5) is 4.79 Å². The van der Waals surface area contributed by atoms with Crippen LogP contribution in [0, 0.1) is 0 Å². The lowest BCUT2D eigenvalue weighted by molar-refractivity contribution is -0.143. The molecule has 1 aromatic carbocycles. The summed E-state index contributed by atoms with van der Waals surface area (Å²) in [5.74, 6) is -1.17. The Morgan fingerprint density at radius 3 is 2.06 bits per heavy atom. The molecular formula is C24H35NO9. The van der Waals surface area contributed by atoms with Gasteiger partial charge in [0.1, 0.15) is 12.6 Å². The molecule has 1 N–H and O–H groups in total. The third-order valence-electron chi connectivity index (χ3n) is 4.43. The minimum absolute atomic E-state index is 0.00222. The number of benzene rings is 1. The molecule has 1 rings (SSSR count). The zero-order valence-electron chi connectivity index (χ0n) is 20.3. The predicted molar refractivity (Wildman–Crippen MR) is 123 cm³/mol. The van der Waals surface area contributed by atoms with Crippen molar-refractivity contribution in [1.29, 1.82) is 0 Å². The molecule has 0 fully saturated rings. The van der Waals surface area contributed by atoms with E-state index in [1.54, 1.807) is 12.1 Å². The van der Waals surface area contributed by atoms with Crippen molar-refractivity contribution in [3.8, 4) is 11.5 Å². The summed E-state index contributed by atoms with van der Waals surface area (Å²) in [6.07, 6.45) is 1.76.